The molecule has 2 atom stereocenters. The minimum absolute atomic E-state index is 0.00270. The molecule has 24 heavy (non-hydrogen) atoms. The number of methoxy groups -OCH3 is 1. The third-order valence-electron chi connectivity index (χ3n) is 4.75. The molecule has 134 valence electrons. The summed E-state index contributed by atoms with van der Waals surface area (Å²) in [6.07, 6.45) is 2.28. The summed E-state index contributed by atoms with van der Waals surface area (Å²) in [6.45, 7) is 6.52. The number of sulfone groups is 1. The summed E-state index contributed by atoms with van der Waals surface area (Å²) in [6, 6.07) is 4.85. The normalized spacial score (nSPS) is 20.8. The number of ether oxygens (including phenoxy) is 1. The summed E-state index contributed by atoms with van der Waals surface area (Å²) in [4.78, 5) is 14.2. The topological polar surface area (TPSA) is 76.9 Å². The zero-order valence-corrected chi connectivity index (χ0v) is 15.4. The van der Waals surface area contributed by atoms with Crippen LogP contribution in [0.5, 0.6) is 5.75 Å². The maximum atomic E-state index is 12.5. The Bertz CT molecular complexity index is 688. The van der Waals surface area contributed by atoms with E-state index in [0.29, 0.717) is 18.3 Å². The van der Waals surface area contributed by atoms with E-state index in [0.717, 1.165) is 19.5 Å². The molecule has 0 saturated carbocycles. The van der Waals surface area contributed by atoms with Gasteiger partial charge in [0.25, 0.3) is 5.91 Å². The second-order valence-corrected chi connectivity index (χ2v) is 8.35. The van der Waals surface area contributed by atoms with E-state index in [1.165, 1.54) is 36.6 Å². The summed E-state index contributed by atoms with van der Waals surface area (Å²) in [5.41, 5.74) is 0.267. The predicted molar refractivity (Wildman–Crippen MR) is 92.4 cm³/mol. The Morgan fingerprint density at radius 3 is 2.75 bits per heavy atom. The van der Waals surface area contributed by atoms with Crippen LogP contribution in [0.4, 0.5) is 0 Å². The van der Waals surface area contributed by atoms with E-state index in [9.17, 15) is 13.2 Å². The number of rotatable bonds is 7. The van der Waals surface area contributed by atoms with Gasteiger partial charge in [-0.05, 0) is 25.1 Å². The Balaban J connectivity index is 2.17. The van der Waals surface area contributed by atoms with Crippen LogP contribution in [0.3, 0.4) is 0 Å². The van der Waals surface area contributed by atoms with Gasteiger partial charge in [-0.2, -0.15) is 0 Å². The number of carbonyl (C=O) groups is 1. The molecule has 1 aliphatic rings. The van der Waals surface area contributed by atoms with E-state index in [-0.39, 0.29) is 22.1 Å². The molecule has 6 nitrogen and oxygen atoms in total. The average molecular weight is 355 g/mol. The van der Waals surface area contributed by atoms with Gasteiger partial charge in [-0.3, -0.25) is 4.79 Å². The van der Waals surface area contributed by atoms with Crippen LogP contribution in [-0.2, 0) is 9.84 Å². The van der Waals surface area contributed by atoms with Gasteiger partial charge < -0.3 is 15.0 Å². The Kier molecular flexibility index (Phi) is 6.23. The maximum Gasteiger partial charge on any atom is 0.255 e. The second kappa shape index (κ2) is 7.98. The van der Waals surface area contributed by atoms with Gasteiger partial charge in [0.1, 0.15) is 11.8 Å². The van der Waals surface area contributed by atoms with Gasteiger partial charge in [-0.15, -0.1) is 0 Å². The van der Waals surface area contributed by atoms with Crippen LogP contribution >= 0.6 is 0 Å². The molecule has 1 aromatic rings. The van der Waals surface area contributed by atoms with Crippen LogP contribution in [0, 0.1) is 0 Å². The summed E-state index contributed by atoms with van der Waals surface area (Å²) in [5, 5.41) is 2.94. The van der Waals surface area contributed by atoms with Crippen LogP contribution in [0.25, 0.3) is 0 Å². The van der Waals surface area contributed by atoms with Crippen molar-refractivity contribution in [2.45, 2.75) is 37.6 Å². The molecule has 2 N–H and O–H groups in total. The summed E-state index contributed by atoms with van der Waals surface area (Å²) >= 11 is 0. The molecule has 7 heteroatoms. The highest BCUT2D eigenvalue weighted by atomic mass is 32.2. The molecule has 1 aromatic carbocycles. The molecule has 1 aliphatic heterocycles. The minimum atomic E-state index is -3.36. The minimum Gasteiger partial charge on any atom is -0.496 e. The van der Waals surface area contributed by atoms with Gasteiger partial charge >= 0.3 is 0 Å². The largest absolute Gasteiger partial charge is 0.496 e. The molecule has 0 spiro atoms. The zero-order chi connectivity index (χ0) is 17.7. The van der Waals surface area contributed by atoms with E-state index < -0.39 is 9.84 Å². The Morgan fingerprint density at radius 2 is 2.12 bits per heavy atom. The highest BCUT2D eigenvalue weighted by Gasteiger charge is 2.28. The predicted octanol–water partition coefficient (Wildman–Crippen LogP) is 0.286. The molecule has 0 aromatic heterocycles. The second-order valence-electron chi connectivity index (χ2n) is 6.08. The number of hydrogen-bond acceptors (Lipinski definition) is 4. The van der Waals surface area contributed by atoms with Gasteiger partial charge in [-0.1, -0.05) is 6.92 Å². The molecule has 0 aliphatic carbocycles. The summed E-state index contributed by atoms with van der Waals surface area (Å²) in [7, 11) is -1.89. The number of hydrogen-bond donors (Lipinski definition) is 2. The van der Waals surface area contributed by atoms with E-state index in [1.807, 2.05) is 0 Å². The smallest absolute Gasteiger partial charge is 0.255 e. The molecule has 1 amide bonds. The fourth-order valence-corrected chi connectivity index (χ4v) is 4.14. The SMILES string of the molecule is CC[NH+]1CCC[C@H]1CNC(=O)c1cc(S(=O)(=O)CC)ccc1OC. The first-order valence-corrected chi connectivity index (χ1v) is 10.1. The number of likely N-dealkylation sites (N-methyl/N-ethyl adjacent to an activating group) is 1. The van der Waals surface area contributed by atoms with Crippen molar-refractivity contribution in [1.29, 1.82) is 0 Å². The lowest BCUT2D eigenvalue weighted by Gasteiger charge is -2.20. The van der Waals surface area contributed by atoms with Crippen molar-refractivity contribution in [2.24, 2.45) is 0 Å². The van der Waals surface area contributed by atoms with Crippen molar-refractivity contribution in [3.8, 4) is 5.75 Å². The van der Waals surface area contributed by atoms with Crippen LogP contribution in [-0.4, -0.2) is 52.9 Å². The summed E-state index contributed by atoms with van der Waals surface area (Å²) < 4.78 is 29.3. The number of quaternary nitrogens is 1. The fraction of sp³-hybridized carbons (Fsp3) is 0.588. The van der Waals surface area contributed by atoms with Gasteiger partial charge in [0.2, 0.25) is 0 Å². The van der Waals surface area contributed by atoms with E-state index in [2.05, 4.69) is 12.2 Å². The third-order valence-corrected chi connectivity index (χ3v) is 6.48. The van der Waals surface area contributed by atoms with Crippen molar-refractivity contribution < 1.29 is 22.8 Å². The number of nitrogens with one attached hydrogen (secondary N) is 2. The molecule has 0 radical (unpaired) electrons. The Hall–Kier alpha value is -1.60. The Morgan fingerprint density at radius 1 is 1.38 bits per heavy atom. The molecule has 1 fully saturated rings. The maximum absolute atomic E-state index is 12.5. The van der Waals surface area contributed by atoms with Crippen LogP contribution in [0.1, 0.15) is 37.0 Å². The summed E-state index contributed by atoms with van der Waals surface area (Å²) in [5.74, 6) is 0.0908. The fourth-order valence-electron chi connectivity index (χ4n) is 3.23. The first-order chi connectivity index (χ1) is 11.4. The lowest BCUT2D eigenvalue weighted by Crippen LogP contribution is -3.14. The van der Waals surface area contributed by atoms with Gasteiger partial charge in [0, 0.05) is 12.8 Å². The lowest BCUT2D eigenvalue weighted by molar-refractivity contribution is -0.909. The number of amides is 1. The zero-order valence-electron chi connectivity index (χ0n) is 14.6. The number of benzene rings is 1. The third kappa shape index (κ3) is 4.08. The van der Waals surface area contributed by atoms with Gasteiger partial charge in [0.15, 0.2) is 9.84 Å². The van der Waals surface area contributed by atoms with E-state index >= 15 is 0 Å². The molecule has 2 rings (SSSR count). The van der Waals surface area contributed by atoms with Crippen molar-refractivity contribution >= 4 is 15.7 Å². The van der Waals surface area contributed by atoms with Crippen LogP contribution < -0.4 is 15.0 Å². The van der Waals surface area contributed by atoms with Crippen molar-refractivity contribution in [3.05, 3.63) is 23.8 Å². The van der Waals surface area contributed by atoms with Crippen LogP contribution in [0.15, 0.2) is 23.1 Å². The average Bonchev–Trinajstić information content (AvgIpc) is 3.06. The van der Waals surface area contributed by atoms with E-state index in [4.69, 9.17) is 4.74 Å². The molecular formula is C17H27N2O4S+. The number of likely N-dealkylation sites (tertiary alicyclic amines) is 1. The monoisotopic (exact) mass is 355 g/mol. The van der Waals surface area contributed by atoms with Gasteiger partial charge in [0.05, 0.1) is 43.0 Å². The van der Waals surface area contributed by atoms with Crippen molar-refractivity contribution in [2.75, 3.05) is 32.5 Å². The number of carbonyl (C=O) groups excluding carboxylic acids is 1. The van der Waals surface area contributed by atoms with Crippen molar-refractivity contribution in [1.82, 2.24) is 5.32 Å². The standard InChI is InChI=1S/C17H26N2O4S/c1-4-19-10-6-7-13(19)12-18-17(20)15-11-14(24(21,22)5-2)8-9-16(15)23-3/h8-9,11,13H,4-7,10,12H2,1-3H3,(H,18,20)/p+1/t13-/m0/s1. The highest BCUT2D eigenvalue weighted by Crippen LogP contribution is 2.23. The first-order valence-electron chi connectivity index (χ1n) is 8.46. The Labute approximate surface area is 144 Å². The van der Waals surface area contributed by atoms with E-state index in [1.54, 1.807) is 6.92 Å². The van der Waals surface area contributed by atoms with Crippen LogP contribution in [0.2, 0.25) is 0 Å². The first kappa shape index (κ1) is 18.7. The molecule has 1 heterocycles. The molecule has 1 saturated heterocycles. The van der Waals surface area contributed by atoms with Gasteiger partial charge in [-0.25, -0.2) is 8.42 Å². The quantitative estimate of drug-likeness (QED) is 0.737. The molecular weight excluding hydrogens is 328 g/mol. The molecule has 0 bridgehead atoms. The lowest BCUT2D eigenvalue weighted by atomic mass is 10.1. The molecule has 1 unspecified atom stereocenters. The van der Waals surface area contributed by atoms with Crippen molar-refractivity contribution in [3.63, 3.8) is 0 Å². The highest BCUT2D eigenvalue weighted by molar-refractivity contribution is 7.91.